The average molecular weight is 343 g/mol. The van der Waals surface area contributed by atoms with E-state index in [-0.39, 0.29) is 18.7 Å². The van der Waals surface area contributed by atoms with Crippen LogP contribution in [-0.4, -0.2) is 40.2 Å². The highest BCUT2D eigenvalue weighted by atomic mass is 16.4. The third-order valence-electron chi connectivity index (χ3n) is 4.81. The van der Waals surface area contributed by atoms with Crippen LogP contribution in [0.1, 0.15) is 38.9 Å². The van der Waals surface area contributed by atoms with Crippen molar-refractivity contribution >= 4 is 11.7 Å². The van der Waals surface area contributed by atoms with Gasteiger partial charge in [0.2, 0.25) is 5.89 Å². The molecule has 0 unspecified atom stereocenters. The molecule has 0 saturated carbocycles. The Morgan fingerprint density at radius 1 is 1.40 bits per heavy atom. The molecule has 6 heteroatoms. The van der Waals surface area contributed by atoms with E-state index in [1.807, 2.05) is 24.3 Å². The summed E-state index contributed by atoms with van der Waals surface area (Å²) >= 11 is 0. The lowest BCUT2D eigenvalue weighted by molar-refractivity contribution is 0.152. The monoisotopic (exact) mass is 343 g/mol. The highest BCUT2D eigenvalue weighted by molar-refractivity contribution is 5.90. The maximum absolute atomic E-state index is 12.4. The number of aromatic nitrogens is 1. The Morgan fingerprint density at radius 3 is 2.72 bits per heavy atom. The zero-order valence-corrected chi connectivity index (χ0v) is 14.9. The smallest absolute Gasteiger partial charge is 0.322 e. The summed E-state index contributed by atoms with van der Waals surface area (Å²) in [6.07, 6.45) is 2.67. The molecule has 0 bridgehead atoms. The first-order valence-electron chi connectivity index (χ1n) is 8.74. The lowest BCUT2D eigenvalue weighted by atomic mass is 10.0. The number of hydrogen-bond acceptors (Lipinski definition) is 4. The van der Waals surface area contributed by atoms with Crippen molar-refractivity contribution in [3.63, 3.8) is 0 Å². The number of benzene rings is 1. The number of oxazole rings is 1. The summed E-state index contributed by atoms with van der Waals surface area (Å²) in [5, 5.41) is 12.4. The van der Waals surface area contributed by atoms with Crippen LogP contribution >= 0.6 is 0 Å². The number of aliphatic hydroxyl groups excluding tert-OH is 1. The molecule has 1 aromatic carbocycles. The van der Waals surface area contributed by atoms with Gasteiger partial charge in [-0.1, -0.05) is 20.8 Å². The van der Waals surface area contributed by atoms with Gasteiger partial charge in [0.05, 0.1) is 18.8 Å². The van der Waals surface area contributed by atoms with E-state index < -0.39 is 0 Å². The second-order valence-corrected chi connectivity index (χ2v) is 6.94. The Bertz CT molecular complexity index is 724. The van der Waals surface area contributed by atoms with Crippen molar-refractivity contribution < 1.29 is 14.3 Å². The van der Waals surface area contributed by atoms with E-state index in [9.17, 15) is 9.90 Å². The third-order valence-corrected chi connectivity index (χ3v) is 4.81. The lowest BCUT2D eigenvalue weighted by Crippen LogP contribution is -2.42. The second kappa shape index (κ2) is 7.27. The van der Waals surface area contributed by atoms with Gasteiger partial charge in [0, 0.05) is 23.7 Å². The number of likely N-dealkylation sites (tertiary alicyclic amines) is 1. The molecule has 0 spiro atoms. The number of rotatable bonds is 4. The molecule has 2 aromatic rings. The maximum atomic E-state index is 12.4. The number of hydrogen-bond donors (Lipinski definition) is 2. The van der Waals surface area contributed by atoms with E-state index in [0.717, 1.165) is 17.7 Å². The molecule has 2 heterocycles. The van der Waals surface area contributed by atoms with Gasteiger partial charge in [-0.25, -0.2) is 9.78 Å². The Labute approximate surface area is 147 Å². The van der Waals surface area contributed by atoms with Crippen LogP contribution < -0.4 is 5.32 Å². The second-order valence-electron chi connectivity index (χ2n) is 6.94. The number of nitrogens with one attached hydrogen (secondary N) is 1. The topological polar surface area (TPSA) is 78.6 Å². The quantitative estimate of drug-likeness (QED) is 0.887. The van der Waals surface area contributed by atoms with E-state index in [1.54, 1.807) is 11.1 Å². The van der Waals surface area contributed by atoms with E-state index in [0.29, 0.717) is 30.0 Å². The minimum absolute atomic E-state index is 0.00410. The molecular weight excluding hydrogens is 318 g/mol. The van der Waals surface area contributed by atoms with Crippen molar-refractivity contribution in [2.45, 2.75) is 39.2 Å². The number of urea groups is 1. The molecule has 6 nitrogen and oxygen atoms in total. The summed E-state index contributed by atoms with van der Waals surface area (Å²) in [6.45, 7) is 6.84. The standard InChI is InChI=1S/C19H25N3O3/c1-12(2)17-10-20-18(25-17)14-4-6-15(7-5-14)21-19(24)22-9-8-13(3)16(22)11-23/h4-7,10,12-13,16,23H,8-9,11H2,1-3H3,(H,21,24)/t13-,16-/m1/s1. The predicted octanol–water partition coefficient (Wildman–Crippen LogP) is 3.70. The predicted molar refractivity (Wildman–Crippen MR) is 96.4 cm³/mol. The van der Waals surface area contributed by atoms with Crippen LogP contribution in [-0.2, 0) is 0 Å². The van der Waals surface area contributed by atoms with E-state index in [2.05, 4.69) is 31.1 Å². The van der Waals surface area contributed by atoms with Crippen molar-refractivity contribution in [2.75, 3.05) is 18.5 Å². The average Bonchev–Trinajstić information content (AvgIpc) is 3.22. The van der Waals surface area contributed by atoms with Gasteiger partial charge in [0.25, 0.3) is 0 Å². The van der Waals surface area contributed by atoms with Crippen molar-refractivity contribution in [3.05, 3.63) is 36.2 Å². The number of amides is 2. The molecule has 1 saturated heterocycles. The van der Waals surface area contributed by atoms with Gasteiger partial charge in [0.15, 0.2) is 0 Å². The first-order chi connectivity index (χ1) is 12.0. The zero-order valence-electron chi connectivity index (χ0n) is 14.9. The highest BCUT2D eigenvalue weighted by Crippen LogP contribution is 2.26. The van der Waals surface area contributed by atoms with E-state index in [4.69, 9.17) is 4.42 Å². The molecular formula is C19H25N3O3. The van der Waals surface area contributed by atoms with Crippen LogP contribution in [0.25, 0.3) is 11.5 Å². The Kier molecular flexibility index (Phi) is 5.08. The fourth-order valence-corrected chi connectivity index (χ4v) is 3.12. The molecule has 1 aliphatic rings. The van der Waals surface area contributed by atoms with E-state index in [1.165, 1.54) is 0 Å². The minimum Gasteiger partial charge on any atom is -0.441 e. The number of aliphatic hydroxyl groups is 1. The summed E-state index contributed by atoms with van der Waals surface area (Å²) in [6, 6.07) is 7.14. The van der Waals surface area contributed by atoms with Crippen LogP contribution in [0.15, 0.2) is 34.9 Å². The van der Waals surface area contributed by atoms with Crippen LogP contribution in [0.5, 0.6) is 0 Å². The minimum atomic E-state index is -0.172. The fourth-order valence-electron chi connectivity index (χ4n) is 3.12. The van der Waals surface area contributed by atoms with E-state index >= 15 is 0 Å². The third kappa shape index (κ3) is 3.69. The molecule has 2 amide bonds. The first kappa shape index (κ1) is 17.5. The summed E-state index contributed by atoms with van der Waals surface area (Å²) in [5.74, 6) is 2.04. The number of nitrogens with zero attached hydrogens (tertiary/aromatic N) is 2. The number of anilines is 1. The van der Waals surface area contributed by atoms with Gasteiger partial charge in [-0.2, -0.15) is 0 Å². The molecule has 25 heavy (non-hydrogen) atoms. The first-order valence-corrected chi connectivity index (χ1v) is 8.74. The number of carbonyl (C=O) groups is 1. The van der Waals surface area contributed by atoms with Gasteiger partial charge in [-0.05, 0) is 36.6 Å². The Hall–Kier alpha value is -2.34. The van der Waals surface area contributed by atoms with Gasteiger partial charge in [-0.3, -0.25) is 0 Å². The van der Waals surface area contributed by atoms with Gasteiger partial charge < -0.3 is 19.7 Å². The molecule has 2 N–H and O–H groups in total. The molecule has 3 rings (SSSR count). The van der Waals surface area contributed by atoms with Crippen LogP contribution in [0.2, 0.25) is 0 Å². The fraction of sp³-hybridized carbons (Fsp3) is 0.474. The van der Waals surface area contributed by atoms with Gasteiger partial charge in [0.1, 0.15) is 5.76 Å². The number of carbonyl (C=O) groups excluding carboxylic acids is 1. The molecule has 0 radical (unpaired) electrons. The Balaban J connectivity index is 1.67. The van der Waals surface area contributed by atoms with Crippen LogP contribution in [0.4, 0.5) is 10.5 Å². The van der Waals surface area contributed by atoms with Crippen molar-refractivity contribution in [3.8, 4) is 11.5 Å². The van der Waals surface area contributed by atoms with Crippen LogP contribution in [0, 0.1) is 5.92 Å². The lowest BCUT2D eigenvalue weighted by Gasteiger charge is -2.25. The summed E-state index contributed by atoms with van der Waals surface area (Å²) < 4.78 is 5.74. The maximum Gasteiger partial charge on any atom is 0.322 e. The molecule has 134 valence electrons. The highest BCUT2D eigenvalue weighted by Gasteiger charge is 2.33. The zero-order chi connectivity index (χ0) is 18.0. The van der Waals surface area contributed by atoms with Crippen molar-refractivity contribution in [1.29, 1.82) is 0 Å². The SMILES string of the molecule is CC(C)c1cnc(-c2ccc(NC(=O)N3CC[C@@H](C)[C@H]3CO)cc2)o1. The summed E-state index contributed by atoms with van der Waals surface area (Å²) in [7, 11) is 0. The largest absolute Gasteiger partial charge is 0.441 e. The Morgan fingerprint density at radius 2 is 2.12 bits per heavy atom. The molecule has 0 aliphatic carbocycles. The van der Waals surface area contributed by atoms with Crippen LogP contribution in [0.3, 0.4) is 0 Å². The van der Waals surface area contributed by atoms with Crippen molar-refractivity contribution in [2.24, 2.45) is 5.92 Å². The van der Waals surface area contributed by atoms with Gasteiger partial charge >= 0.3 is 6.03 Å². The normalized spacial score (nSPS) is 20.3. The summed E-state index contributed by atoms with van der Waals surface area (Å²) in [4.78, 5) is 18.4. The summed E-state index contributed by atoms with van der Waals surface area (Å²) in [5.41, 5.74) is 1.58. The molecule has 1 fully saturated rings. The van der Waals surface area contributed by atoms with Gasteiger partial charge in [-0.15, -0.1) is 0 Å². The molecule has 1 aliphatic heterocycles. The molecule has 2 atom stereocenters. The van der Waals surface area contributed by atoms with Crippen molar-refractivity contribution in [1.82, 2.24) is 9.88 Å². The molecule has 1 aromatic heterocycles.